The molecular weight excluding hydrogens is 634 g/mol. The molecule has 0 bridgehead atoms. The van der Waals surface area contributed by atoms with Crippen LogP contribution in [0.25, 0.3) is 22.0 Å². The van der Waals surface area contributed by atoms with Gasteiger partial charge in [-0.15, -0.1) is 0 Å². The molecule has 4 heterocycles. The van der Waals surface area contributed by atoms with Gasteiger partial charge in [0.25, 0.3) is 5.56 Å². The third-order valence-corrected chi connectivity index (χ3v) is 9.15. The molecule has 1 aliphatic heterocycles. The first kappa shape index (κ1) is 32.8. The molecule has 12 nitrogen and oxygen atoms in total. The Morgan fingerprint density at radius 1 is 1.06 bits per heavy atom. The fraction of sp³-hybridized carbons (Fsp3) is 0.286. The summed E-state index contributed by atoms with van der Waals surface area (Å²) in [7, 11) is 0.469. The van der Waals surface area contributed by atoms with Crippen LogP contribution < -0.4 is 24.7 Å². The number of carbonyl (C=O) groups is 1. The van der Waals surface area contributed by atoms with Crippen LogP contribution >= 0.6 is 0 Å². The monoisotopic (exact) mass is 671 g/mol. The molecule has 0 spiro atoms. The molecule has 1 unspecified atom stereocenters. The van der Waals surface area contributed by atoms with E-state index < -0.39 is 17.0 Å². The normalized spacial score (nSPS) is 14.2. The maximum absolute atomic E-state index is 12.7. The van der Waals surface area contributed by atoms with Crippen molar-refractivity contribution in [1.29, 1.82) is 0 Å². The zero-order valence-corrected chi connectivity index (χ0v) is 27.5. The van der Waals surface area contributed by atoms with Crippen LogP contribution in [-0.4, -0.2) is 68.0 Å². The van der Waals surface area contributed by atoms with Gasteiger partial charge in [0.15, 0.2) is 0 Å². The third-order valence-electron chi connectivity index (χ3n) is 8.16. The van der Waals surface area contributed by atoms with E-state index in [1.165, 1.54) is 10.8 Å². The van der Waals surface area contributed by atoms with Crippen LogP contribution in [0.4, 0.5) is 11.5 Å². The largest absolute Gasteiger partial charge is 0.491 e. The minimum Gasteiger partial charge on any atom is -0.491 e. The average molecular weight is 672 g/mol. The van der Waals surface area contributed by atoms with Crippen molar-refractivity contribution in [3.8, 4) is 28.4 Å². The summed E-state index contributed by atoms with van der Waals surface area (Å²) in [4.78, 5) is 33.3. The summed E-state index contributed by atoms with van der Waals surface area (Å²) in [6.45, 7) is 4.18. The first-order valence-electron chi connectivity index (χ1n) is 15.7. The van der Waals surface area contributed by atoms with Gasteiger partial charge in [-0.3, -0.25) is 4.79 Å². The fourth-order valence-corrected chi connectivity index (χ4v) is 6.19. The second-order valence-electron chi connectivity index (χ2n) is 11.4. The minimum atomic E-state index is -1.24. The maximum atomic E-state index is 12.7. The van der Waals surface area contributed by atoms with Gasteiger partial charge in [-0.1, -0.05) is 13.0 Å². The summed E-state index contributed by atoms with van der Waals surface area (Å²) in [5, 5.41) is 9.84. The zero-order chi connectivity index (χ0) is 33.6. The molecule has 5 aromatic rings. The molecular formula is C35H37N5O7S. The second-order valence-corrected chi connectivity index (χ2v) is 12.8. The highest BCUT2D eigenvalue weighted by Crippen LogP contribution is 2.39. The van der Waals surface area contributed by atoms with E-state index in [9.17, 15) is 13.8 Å². The molecule has 48 heavy (non-hydrogen) atoms. The molecule has 1 fully saturated rings. The minimum absolute atomic E-state index is 0.104. The average Bonchev–Trinajstić information content (AvgIpc) is 3.60. The molecule has 13 heteroatoms. The molecule has 3 N–H and O–H groups in total. The summed E-state index contributed by atoms with van der Waals surface area (Å²) >= 11 is 0. The van der Waals surface area contributed by atoms with Gasteiger partial charge in [-0.25, -0.2) is 14.0 Å². The zero-order valence-electron chi connectivity index (χ0n) is 26.7. The van der Waals surface area contributed by atoms with Crippen molar-refractivity contribution in [2.75, 3.05) is 41.7 Å². The number of nitrogens with zero attached hydrogens (tertiary/aromatic N) is 3. The van der Waals surface area contributed by atoms with Gasteiger partial charge in [-0.05, 0) is 61.4 Å². The SMILES string of the molecule is CCS(=O)Nc1ccc(Oc2cccc(OCCOC3CCN(c4ccc(C(=O)O)cn4)CC3)c2)c(-c2cn(C)c(=O)c3[nH]ccc23)c1. The van der Waals surface area contributed by atoms with Gasteiger partial charge in [-0.2, -0.15) is 0 Å². The lowest BCUT2D eigenvalue weighted by atomic mass is 10.0. The predicted octanol–water partition coefficient (Wildman–Crippen LogP) is 5.58. The Hall–Kier alpha value is -5.14. The number of fused-ring (bicyclic) bond motifs is 1. The maximum Gasteiger partial charge on any atom is 0.337 e. The summed E-state index contributed by atoms with van der Waals surface area (Å²) in [6, 6.07) is 18.1. The van der Waals surface area contributed by atoms with Gasteiger partial charge >= 0.3 is 5.97 Å². The van der Waals surface area contributed by atoms with Crippen molar-refractivity contribution >= 4 is 39.4 Å². The molecule has 250 valence electrons. The van der Waals surface area contributed by atoms with Crippen LogP contribution in [0.5, 0.6) is 17.2 Å². The lowest BCUT2D eigenvalue weighted by Crippen LogP contribution is -2.38. The van der Waals surface area contributed by atoms with E-state index in [2.05, 4.69) is 19.6 Å². The molecule has 6 rings (SSSR count). The van der Waals surface area contributed by atoms with Gasteiger partial charge in [0, 0.05) is 72.7 Å². The van der Waals surface area contributed by atoms with E-state index in [-0.39, 0.29) is 17.2 Å². The molecule has 0 amide bonds. The Bertz CT molecular complexity index is 1980. The van der Waals surface area contributed by atoms with E-state index in [4.69, 9.17) is 19.3 Å². The number of ether oxygens (including phenoxy) is 3. The number of nitrogens with one attached hydrogen (secondary N) is 2. The topological polar surface area (TPSA) is 148 Å². The molecule has 0 saturated carbocycles. The number of hydrogen-bond acceptors (Lipinski definition) is 8. The molecule has 0 radical (unpaired) electrons. The number of benzene rings is 2. The summed E-state index contributed by atoms with van der Waals surface area (Å²) in [5.74, 6) is 2.00. The third kappa shape index (κ3) is 7.53. The van der Waals surface area contributed by atoms with Crippen molar-refractivity contribution in [2.45, 2.75) is 25.9 Å². The number of H-pyrrole nitrogens is 1. The van der Waals surface area contributed by atoms with Gasteiger partial charge in [0.05, 0.1) is 18.3 Å². The number of piperidine rings is 1. The van der Waals surface area contributed by atoms with Crippen LogP contribution in [0.3, 0.4) is 0 Å². The van der Waals surface area contributed by atoms with Gasteiger partial charge in [0.1, 0.15) is 46.2 Å². The van der Waals surface area contributed by atoms with E-state index in [0.29, 0.717) is 47.4 Å². The highest BCUT2D eigenvalue weighted by molar-refractivity contribution is 7.86. The number of aromatic amines is 1. The van der Waals surface area contributed by atoms with Crippen LogP contribution in [0.15, 0.2) is 84.0 Å². The lowest BCUT2D eigenvalue weighted by Gasteiger charge is -2.32. The van der Waals surface area contributed by atoms with Crippen LogP contribution in [0.2, 0.25) is 0 Å². The number of pyridine rings is 2. The standard InChI is InChI=1S/C35H37N5O7S/c1-3-48(44)38-24-8-9-31(29(19-24)30-22-39(2)34(41)33-28(30)11-14-36-33)47-27-6-4-5-26(20-27)46-18-17-45-25-12-15-40(16-13-25)32-10-7-23(21-37-32)35(42)43/h4-11,14,19-22,25,36,38H,3,12-13,15-18H2,1-2H3,(H,42,43). The number of carboxylic acids is 1. The number of aryl methyl sites for hydroxylation is 1. The van der Waals surface area contributed by atoms with E-state index in [1.807, 2.05) is 55.5 Å². The molecule has 1 saturated heterocycles. The van der Waals surface area contributed by atoms with Crippen LogP contribution in [0.1, 0.15) is 30.1 Å². The number of hydrogen-bond donors (Lipinski definition) is 3. The Labute approximate surface area is 279 Å². The van der Waals surface area contributed by atoms with Gasteiger partial charge in [0.2, 0.25) is 0 Å². The van der Waals surface area contributed by atoms with Crippen molar-refractivity contribution in [1.82, 2.24) is 14.5 Å². The number of rotatable bonds is 13. The summed E-state index contributed by atoms with van der Waals surface area (Å²) in [6.07, 6.45) is 6.67. The Balaban J connectivity index is 1.08. The lowest BCUT2D eigenvalue weighted by molar-refractivity contribution is 0.0202. The summed E-state index contributed by atoms with van der Waals surface area (Å²) < 4.78 is 35.3. The van der Waals surface area contributed by atoms with Crippen molar-refractivity contribution in [2.24, 2.45) is 7.05 Å². The first-order chi connectivity index (χ1) is 23.3. The first-order valence-corrected chi connectivity index (χ1v) is 17.0. The van der Waals surface area contributed by atoms with Crippen molar-refractivity contribution < 1.29 is 28.3 Å². The second kappa shape index (κ2) is 14.7. The highest BCUT2D eigenvalue weighted by Gasteiger charge is 2.21. The smallest absolute Gasteiger partial charge is 0.337 e. The summed E-state index contributed by atoms with van der Waals surface area (Å²) in [5.41, 5.74) is 2.72. The van der Waals surface area contributed by atoms with E-state index in [0.717, 1.165) is 48.3 Å². The molecule has 0 aliphatic carbocycles. The Morgan fingerprint density at radius 3 is 2.62 bits per heavy atom. The van der Waals surface area contributed by atoms with Gasteiger partial charge < -0.3 is 38.5 Å². The fourth-order valence-electron chi connectivity index (χ4n) is 5.66. The van der Waals surface area contributed by atoms with Crippen molar-refractivity contribution in [3.63, 3.8) is 0 Å². The quantitative estimate of drug-likeness (QED) is 0.137. The molecule has 3 aromatic heterocycles. The predicted molar refractivity (Wildman–Crippen MR) is 186 cm³/mol. The molecule has 2 aromatic carbocycles. The Kier molecular flexibility index (Phi) is 10.1. The van der Waals surface area contributed by atoms with E-state index >= 15 is 0 Å². The number of aromatic carboxylic acids is 1. The molecule has 1 aliphatic rings. The highest BCUT2D eigenvalue weighted by atomic mass is 32.2. The number of anilines is 2. The van der Waals surface area contributed by atoms with Crippen LogP contribution in [0, 0.1) is 0 Å². The van der Waals surface area contributed by atoms with E-state index in [1.54, 1.807) is 31.6 Å². The van der Waals surface area contributed by atoms with Crippen molar-refractivity contribution in [3.05, 3.63) is 95.2 Å². The Morgan fingerprint density at radius 2 is 1.88 bits per heavy atom. The van der Waals surface area contributed by atoms with Crippen LogP contribution in [-0.2, 0) is 22.8 Å². The molecule has 1 atom stereocenters. The number of carboxylic acid groups (broad SMARTS) is 1. The number of aromatic nitrogens is 3.